The maximum atomic E-state index is 13.2. The molecule has 4 heterocycles. The third-order valence-electron chi connectivity index (χ3n) is 5.73. The van der Waals surface area contributed by atoms with E-state index in [2.05, 4.69) is 30.5 Å². The van der Waals surface area contributed by atoms with Gasteiger partial charge in [0.1, 0.15) is 0 Å². The molecule has 0 aliphatic carbocycles. The Bertz CT molecular complexity index is 1230. The van der Waals surface area contributed by atoms with E-state index in [9.17, 15) is 4.79 Å². The van der Waals surface area contributed by atoms with Crippen LogP contribution in [0.1, 0.15) is 25.3 Å². The fraction of sp³-hybridized carbons (Fsp3) is 0.364. The predicted molar refractivity (Wildman–Crippen MR) is 127 cm³/mol. The van der Waals surface area contributed by atoms with Gasteiger partial charge in [-0.25, -0.2) is 0 Å². The number of tetrazole rings is 1. The van der Waals surface area contributed by atoms with Crippen LogP contribution < -0.4 is 0 Å². The largest absolute Gasteiger partial charge is 0.338 e. The van der Waals surface area contributed by atoms with Crippen molar-refractivity contribution in [3.05, 3.63) is 52.7 Å². The Hall–Kier alpha value is -3.15. The smallest absolute Gasteiger partial charge is 0.249 e. The number of hydrogen-bond donors (Lipinski definition) is 0. The fourth-order valence-corrected chi connectivity index (χ4v) is 4.64. The number of piperazine rings is 1. The molecule has 10 nitrogen and oxygen atoms in total. The van der Waals surface area contributed by atoms with Gasteiger partial charge in [0.05, 0.1) is 11.4 Å². The molecular weight excluding hydrogens is 476 g/mol. The lowest BCUT2D eigenvalue weighted by Crippen LogP contribution is -2.50. The van der Waals surface area contributed by atoms with Crippen LogP contribution in [0, 0.1) is 0 Å². The molecule has 34 heavy (non-hydrogen) atoms. The molecule has 1 amide bonds. The highest BCUT2D eigenvalue weighted by Gasteiger charge is 2.30. The van der Waals surface area contributed by atoms with Gasteiger partial charge < -0.3 is 9.42 Å². The molecule has 1 aromatic carbocycles. The number of nitrogens with zero attached hydrogens (tertiary/aromatic N) is 8. The summed E-state index contributed by atoms with van der Waals surface area (Å²) in [4.78, 5) is 24.2. The molecule has 0 radical (unpaired) electrons. The summed E-state index contributed by atoms with van der Waals surface area (Å²) in [5, 5.41) is 19.4. The van der Waals surface area contributed by atoms with Crippen LogP contribution in [-0.2, 0) is 11.3 Å². The van der Waals surface area contributed by atoms with Crippen molar-refractivity contribution in [1.82, 2.24) is 40.1 Å². The van der Waals surface area contributed by atoms with E-state index >= 15 is 0 Å². The van der Waals surface area contributed by atoms with Crippen molar-refractivity contribution in [3.8, 4) is 22.1 Å². The van der Waals surface area contributed by atoms with Crippen molar-refractivity contribution in [1.29, 1.82) is 0 Å². The summed E-state index contributed by atoms with van der Waals surface area (Å²) in [6.45, 7) is 5.18. The van der Waals surface area contributed by atoms with Crippen LogP contribution in [0.4, 0.5) is 0 Å². The lowest BCUT2D eigenvalue weighted by atomic mass is 10.2. The third kappa shape index (κ3) is 4.86. The van der Waals surface area contributed by atoms with Crippen molar-refractivity contribution in [2.24, 2.45) is 0 Å². The zero-order chi connectivity index (χ0) is 23.5. The molecule has 176 valence electrons. The van der Waals surface area contributed by atoms with E-state index < -0.39 is 6.04 Å². The Labute approximate surface area is 205 Å². The molecule has 12 heteroatoms. The number of hydrogen-bond acceptors (Lipinski definition) is 9. The van der Waals surface area contributed by atoms with Gasteiger partial charge in [-0.2, -0.15) is 9.78 Å². The van der Waals surface area contributed by atoms with E-state index in [1.54, 1.807) is 23.5 Å². The summed E-state index contributed by atoms with van der Waals surface area (Å²) >= 11 is 7.53. The summed E-state index contributed by atoms with van der Waals surface area (Å²) in [5.74, 6) is 1.66. The second-order valence-corrected chi connectivity index (χ2v) is 9.34. The topological polar surface area (TPSA) is 106 Å². The second kappa shape index (κ2) is 10.00. The van der Waals surface area contributed by atoms with Crippen LogP contribution in [0.25, 0.3) is 22.1 Å². The van der Waals surface area contributed by atoms with Gasteiger partial charge >= 0.3 is 0 Å². The number of thiophene rings is 1. The van der Waals surface area contributed by atoms with Crippen LogP contribution >= 0.6 is 22.9 Å². The number of carbonyl (C=O) groups excluding carboxylic acids is 1. The highest BCUT2D eigenvalue weighted by molar-refractivity contribution is 7.13. The summed E-state index contributed by atoms with van der Waals surface area (Å²) in [6.07, 6.45) is 0.572. The van der Waals surface area contributed by atoms with Gasteiger partial charge in [-0.1, -0.05) is 29.7 Å². The Morgan fingerprint density at radius 2 is 1.94 bits per heavy atom. The maximum Gasteiger partial charge on any atom is 0.249 e. The Morgan fingerprint density at radius 1 is 1.15 bits per heavy atom. The number of carbonyl (C=O) groups is 1. The first-order chi connectivity index (χ1) is 16.6. The van der Waals surface area contributed by atoms with E-state index in [-0.39, 0.29) is 5.91 Å². The monoisotopic (exact) mass is 498 g/mol. The molecule has 1 aliphatic rings. The van der Waals surface area contributed by atoms with E-state index in [1.807, 2.05) is 41.5 Å². The lowest BCUT2D eigenvalue weighted by molar-refractivity contribution is -0.137. The van der Waals surface area contributed by atoms with Crippen LogP contribution in [0.2, 0.25) is 5.02 Å². The Balaban J connectivity index is 1.18. The van der Waals surface area contributed by atoms with Gasteiger partial charge in [-0.05, 0) is 47.3 Å². The zero-order valence-corrected chi connectivity index (χ0v) is 20.1. The molecule has 0 bridgehead atoms. The average molecular weight is 499 g/mol. The van der Waals surface area contributed by atoms with Gasteiger partial charge in [-0.15, -0.1) is 21.5 Å². The molecule has 5 rings (SSSR count). The fourth-order valence-electron chi connectivity index (χ4n) is 3.86. The van der Waals surface area contributed by atoms with Crippen LogP contribution in [-0.4, -0.2) is 72.2 Å². The van der Waals surface area contributed by atoms with E-state index in [0.29, 0.717) is 48.6 Å². The van der Waals surface area contributed by atoms with Crippen molar-refractivity contribution in [2.45, 2.75) is 25.9 Å². The van der Waals surface area contributed by atoms with Crippen molar-refractivity contribution in [2.75, 3.05) is 26.2 Å². The van der Waals surface area contributed by atoms with Crippen molar-refractivity contribution < 1.29 is 9.32 Å². The molecule has 1 aliphatic heterocycles. The molecule has 1 atom stereocenters. The second-order valence-electron chi connectivity index (χ2n) is 7.95. The van der Waals surface area contributed by atoms with Crippen molar-refractivity contribution >= 4 is 28.8 Å². The van der Waals surface area contributed by atoms with E-state index in [4.69, 9.17) is 16.1 Å². The molecule has 1 fully saturated rings. The molecule has 1 saturated heterocycles. The standard InChI is InChI=1S/C22H23ClN8O2S/c1-2-17(31-26-20(25-28-31)15-5-7-16(23)8-6-15)22(32)30-11-9-29(10-12-30)14-19-24-21(27-33-19)18-4-3-13-34-18/h3-8,13,17H,2,9-12,14H2,1H3. The lowest BCUT2D eigenvalue weighted by Gasteiger charge is -2.35. The normalized spacial score (nSPS) is 15.5. The van der Waals surface area contributed by atoms with Gasteiger partial charge in [0, 0.05) is 36.8 Å². The van der Waals surface area contributed by atoms with Crippen LogP contribution in [0.15, 0.2) is 46.3 Å². The van der Waals surface area contributed by atoms with Gasteiger partial charge in [0.15, 0.2) is 6.04 Å². The number of amides is 1. The minimum absolute atomic E-state index is 0.0000203. The van der Waals surface area contributed by atoms with E-state index in [1.165, 1.54) is 4.80 Å². The van der Waals surface area contributed by atoms with Crippen LogP contribution in [0.3, 0.4) is 0 Å². The third-order valence-corrected chi connectivity index (χ3v) is 6.85. The van der Waals surface area contributed by atoms with Crippen molar-refractivity contribution in [3.63, 3.8) is 0 Å². The summed E-state index contributed by atoms with van der Waals surface area (Å²) in [5.41, 5.74) is 0.801. The highest BCUT2D eigenvalue weighted by atomic mass is 35.5. The first-order valence-electron chi connectivity index (χ1n) is 11.0. The molecule has 1 unspecified atom stereocenters. The van der Waals surface area contributed by atoms with Gasteiger partial charge in [0.2, 0.25) is 23.4 Å². The molecule has 3 aromatic heterocycles. The average Bonchev–Trinajstić information content (AvgIpc) is 3.63. The highest BCUT2D eigenvalue weighted by Crippen LogP contribution is 2.23. The number of rotatable bonds is 7. The minimum atomic E-state index is -0.496. The summed E-state index contributed by atoms with van der Waals surface area (Å²) < 4.78 is 5.41. The predicted octanol–water partition coefficient (Wildman–Crippen LogP) is 3.40. The Kier molecular flexibility index (Phi) is 6.66. The van der Waals surface area contributed by atoms with Crippen LogP contribution in [0.5, 0.6) is 0 Å². The molecule has 0 spiro atoms. The molecular formula is C22H23ClN8O2S. The SMILES string of the molecule is CCC(C(=O)N1CCN(Cc2nc(-c3cccs3)no2)CC1)n1nnc(-c2ccc(Cl)cc2)n1. The van der Waals surface area contributed by atoms with E-state index in [0.717, 1.165) is 23.5 Å². The summed E-state index contributed by atoms with van der Waals surface area (Å²) in [6, 6.07) is 10.6. The quantitative estimate of drug-likeness (QED) is 0.381. The number of benzene rings is 1. The molecule has 4 aromatic rings. The maximum absolute atomic E-state index is 13.2. The Morgan fingerprint density at radius 3 is 2.65 bits per heavy atom. The number of halogens is 1. The summed E-state index contributed by atoms with van der Waals surface area (Å²) in [7, 11) is 0. The number of aromatic nitrogens is 6. The molecule has 0 saturated carbocycles. The van der Waals surface area contributed by atoms with Gasteiger partial charge in [-0.3, -0.25) is 9.69 Å². The zero-order valence-electron chi connectivity index (χ0n) is 18.5. The van der Waals surface area contributed by atoms with Gasteiger partial charge in [0.25, 0.3) is 0 Å². The minimum Gasteiger partial charge on any atom is -0.338 e. The molecule has 0 N–H and O–H groups in total. The first-order valence-corrected chi connectivity index (χ1v) is 12.3. The first kappa shape index (κ1) is 22.6.